The van der Waals surface area contributed by atoms with Gasteiger partial charge in [-0.3, -0.25) is 14.9 Å². The maximum absolute atomic E-state index is 12.2. The Balaban J connectivity index is 1.67. The number of hydrogen-bond donors (Lipinski definition) is 3. The predicted octanol–water partition coefficient (Wildman–Crippen LogP) is 2.00. The van der Waals surface area contributed by atoms with Crippen molar-refractivity contribution < 1.29 is 18.1 Å². The first-order chi connectivity index (χ1) is 14.2. The van der Waals surface area contributed by atoms with Crippen LogP contribution in [-0.2, 0) is 21.4 Å². The molecule has 2 aromatic rings. The molecule has 162 valence electrons. The number of hydrogen-bond acceptors (Lipinski definition) is 6. The Morgan fingerprint density at radius 2 is 1.73 bits per heavy atom. The molecule has 2 aromatic carbocycles. The third-order valence-corrected chi connectivity index (χ3v) is 5.99. The molecule has 0 aliphatic rings. The Labute approximate surface area is 175 Å². The normalized spacial score (nSPS) is 12.3. The molecule has 0 heterocycles. The number of nitro groups is 1. The molecule has 0 aliphatic carbocycles. The van der Waals surface area contributed by atoms with Crippen LogP contribution in [-0.4, -0.2) is 31.8 Å². The summed E-state index contributed by atoms with van der Waals surface area (Å²) in [5.74, 6) is -0.325. The van der Waals surface area contributed by atoms with Gasteiger partial charge in [-0.25, -0.2) is 13.1 Å². The summed E-state index contributed by atoms with van der Waals surface area (Å²) >= 11 is 0. The molecule has 0 aliphatic heterocycles. The topological polar surface area (TPSA) is 144 Å². The minimum absolute atomic E-state index is 0.0141. The molecule has 1 atom stereocenters. The van der Waals surface area contributed by atoms with Gasteiger partial charge in [-0.15, -0.1) is 0 Å². The van der Waals surface area contributed by atoms with Gasteiger partial charge < -0.3 is 11.1 Å². The molecule has 0 bridgehead atoms. The zero-order chi connectivity index (χ0) is 22.1. The smallest absolute Gasteiger partial charge is 0.269 e. The molecule has 0 spiro atoms. The van der Waals surface area contributed by atoms with Crippen molar-refractivity contribution in [3.05, 3.63) is 69.8 Å². The number of amides is 1. The van der Waals surface area contributed by atoms with E-state index < -0.39 is 21.0 Å². The fourth-order valence-electron chi connectivity index (χ4n) is 2.68. The molecule has 1 amide bonds. The van der Waals surface area contributed by atoms with Gasteiger partial charge in [-0.1, -0.05) is 36.2 Å². The maximum Gasteiger partial charge on any atom is 0.269 e. The second-order valence-corrected chi connectivity index (χ2v) is 8.72. The fourth-order valence-corrected chi connectivity index (χ4v) is 3.76. The van der Waals surface area contributed by atoms with E-state index in [4.69, 9.17) is 5.73 Å². The average molecular weight is 435 g/mol. The Kier molecular flexibility index (Phi) is 8.46. The molecular weight excluding hydrogens is 408 g/mol. The van der Waals surface area contributed by atoms with E-state index in [1.54, 1.807) is 36.4 Å². The highest BCUT2D eigenvalue weighted by Gasteiger charge is 2.15. The van der Waals surface area contributed by atoms with Gasteiger partial charge in [0, 0.05) is 25.2 Å². The number of carbonyl (C=O) groups excluding carboxylic acids is 1. The zero-order valence-electron chi connectivity index (χ0n) is 16.7. The Morgan fingerprint density at radius 1 is 1.10 bits per heavy atom. The Bertz CT molecular complexity index is 960. The van der Waals surface area contributed by atoms with Gasteiger partial charge in [-0.2, -0.15) is 0 Å². The van der Waals surface area contributed by atoms with Crippen LogP contribution in [0.1, 0.15) is 30.4 Å². The van der Waals surface area contributed by atoms with Crippen LogP contribution in [0.3, 0.4) is 0 Å². The van der Waals surface area contributed by atoms with E-state index in [-0.39, 0.29) is 29.6 Å². The van der Waals surface area contributed by atoms with E-state index in [2.05, 4.69) is 10.0 Å². The van der Waals surface area contributed by atoms with Crippen LogP contribution < -0.4 is 15.8 Å². The molecule has 0 saturated carbocycles. The zero-order valence-corrected chi connectivity index (χ0v) is 17.5. The molecule has 0 radical (unpaired) electrons. The number of sulfonamides is 1. The number of nitrogens with one attached hydrogen (secondary N) is 2. The van der Waals surface area contributed by atoms with E-state index in [0.717, 1.165) is 11.1 Å². The van der Waals surface area contributed by atoms with Crippen molar-refractivity contribution in [1.82, 2.24) is 10.0 Å². The van der Waals surface area contributed by atoms with Gasteiger partial charge in [0.2, 0.25) is 15.9 Å². The van der Waals surface area contributed by atoms with Gasteiger partial charge in [0.15, 0.2) is 0 Å². The summed E-state index contributed by atoms with van der Waals surface area (Å²) in [6.07, 6.45) is 1.55. The van der Waals surface area contributed by atoms with Crippen molar-refractivity contribution in [3.8, 4) is 0 Å². The molecule has 9 nitrogen and oxygen atoms in total. The highest BCUT2D eigenvalue weighted by Crippen LogP contribution is 2.12. The SMILES string of the molecule is Cc1ccc(S(=O)(=O)NCCCC[C@H](N)C(=O)NCc2ccc([N+](=O)[O-])cc2)cc1. The lowest BCUT2D eigenvalue weighted by atomic mass is 10.1. The van der Waals surface area contributed by atoms with Crippen LogP contribution in [0.25, 0.3) is 0 Å². The second-order valence-electron chi connectivity index (χ2n) is 6.95. The van der Waals surface area contributed by atoms with Gasteiger partial charge in [-0.05, 0) is 37.5 Å². The molecular formula is C20H26N4O5S. The fraction of sp³-hybridized carbons (Fsp3) is 0.350. The number of rotatable bonds is 11. The molecule has 4 N–H and O–H groups in total. The predicted molar refractivity (Wildman–Crippen MR) is 113 cm³/mol. The summed E-state index contributed by atoms with van der Waals surface area (Å²) in [7, 11) is -3.54. The van der Waals surface area contributed by atoms with Crippen LogP contribution in [0.5, 0.6) is 0 Å². The van der Waals surface area contributed by atoms with E-state index in [0.29, 0.717) is 19.3 Å². The maximum atomic E-state index is 12.2. The summed E-state index contributed by atoms with van der Waals surface area (Å²) in [6, 6.07) is 11.8. The number of nitrogens with zero attached hydrogens (tertiary/aromatic N) is 1. The molecule has 0 aromatic heterocycles. The standard InChI is InChI=1S/C20H26N4O5S/c1-15-5-11-18(12-6-15)30(28,29)23-13-3-2-4-19(21)20(25)22-14-16-7-9-17(10-8-16)24(26)27/h5-12,19,23H,2-4,13-14,21H2,1H3,(H,22,25)/t19-/m0/s1. The van der Waals surface area contributed by atoms with E-state index in [9.17, 15) is 23.3 Å². The van der Waals surface area contributed by atoms with Crippen molar-refractivity contribution in [2.75, 3.05) is 6.54 Å². The number of nitrogens with two attached hydrogens (primary N) is 1. The number of non-ortho nitro benzene ring substituents is 1. The van der Waals surface area contributed by atoms with Crippen molar-refractivity contribution in [1.29, 1.82) is 0 Å². The summed E-state index contributed by atoms with van der Waals surface area (Å²) in [6.45, 7) is 2.36. The van der Waals surface area contributed by atoms with Gasteiger partial charge in [0.05, 0.1) is 15.9 Å². The lowest BCUT2D eigenvalue weighted by Gasteiger charge is -2.12. The molecule has 30 heavy (non-hydrogen) atoms. The number of aryl methyl sites for hydroxylation is 1. The quantitative estimate of drug-likeness (QED) is 0.280. The van der Waals surface area contributed by atoms with Crippen molar-refractivity contribution >= 4 is 21.6 Å². The molecule has 10 heteroatoms. The Hall–Kier alpha value is -2.82. The van der Waals surface area contributed by atoms with E-state index >= 15 is 0 Å². The summed E-state index contributed by atoms with van der Waals surface area (Å²) in [4.78, 5) is 22.4. The lowest BCUT2D eigenvalue weighted by molar-refractivity contribution is -0.384. The van der Waals surface area contributed by atoms with E-state index in [1.165, 1.54) is 12.1 Å². The minimum atomic E-state index is -3.54. The third kappa shape index (κ3) is 7.21. The highest BCUT2D eigenvalue weighted by molar-refractivity contribution is 7.89. The first kappa shape index (κ1) is 23.5. The van der Waals surface area contributed by atoms with Crippen LogP contribution in [0.4, 0.5) is 5.69 Å². The number of benzene rings is 2. The van der Waals surface area contributed by atoms with Gasteiger partial charge >= 0.3 is 0 Å². The first-order valence-corrected chi connectivity index (χ1v) is 11.0. The lowest BCUT2D eigenvalue weighted by Crippen LogP contribution is -2.40. The molecule has 0 fully saturated rings. The third-order valence-electron chi connectivity index (χ3n) is 4.52. The monoisotopic (exact) mass is 434 g/mol. The van der Waals surface area contributed by atoms with Crippen molar-refractivity contribution in [2.24, 2.45) is 5.73 Å². The van der Waals surface area contributed by atoms with Crippen LogP contribution in [0, 0.1) is 17.0 Å². The van der Waals surface area contributed by atoms with Crippen LogP contribution in [0.2, 0.25) is 0 Å². The molecule has 0 unspecified atom stereocenters. The summed E-state index contributed by atoms with van der Waals surface area (Å²) < 4.78 is 26.9. The van der Waals surface area contributed by atoms with Crippen molar-refractivity contribution in [2.45, 2.75) is 43.7 Å². The second kappa shape index (κ2) is 10.8. The number of nitro benzene ring substituents is 1. The minimum Gasteiger partial charge on any atom is -0.351 e. The van der Waals surface area contributed by atoms with Crippen molar-refractivity contribution in [3.63, 3.8) is 0 Å². The number of unbranched alkanes of at least 4 members (excludes halogenated alkanes) is 1. The molecule has 0 saturated heterocycles. The highest BCUT2D eigenvalue weighted by atomic mass is 32.2. The summed E-state index contributed by atoms with van der Waals surface area (Å²) in [5.41, 5.74) is 7.57. The van der Waals surface area contributed by atoms with Gasteiger partial charge in [0.1, 0.15) is 0 Å². The van der Waals surface area contributed by atoms with Crippen LogP contribution >= 0.6 is 0 Å². The first-order valence-electron chi connectivity index (χ1n) is 9.52. The Morgan fingerprint density at radius 3 is 2.33 bits per heavy atom. The largest absolute Gasteiger partial charge is 0.351 e. The van der Waals surface area contributed by atoms with Gasteiger partial charge in [0.25, 0.3) is 5.69 Å². The van der Waals surface area contributed by atoms with Crippen LogP contribution in [0.15, 0.2) is 53.4 Å². The van der Waals surface area contributed by atoms with E-state index in [1.807, 2.05) is 6.92 Å². The summed E-state index contributed by atoms with van der Waals surface area (Å²) in [5, 5.41) is 13.3. The number of carbonyl (C=O) groups is 1. The molecule has 2 rings (SSSR count). The average Bonchev–Trinajstić information content (AvgIpc) is 2.72.